The molecular weight excluding hydrogens is 208 g/mol. The van der Waals surface area contributed by atoms with Crippen molar-refractivity contribution in [2.24, 2.45) is 7.05 Å². The molecule has 0 saturated heterocycles. The van der Waals surface area contributed by atoms with Gasteiger partial charge in [-0.25, -0.2) is 0 Å². The molecule has 0 aliphatic heterocycles. The average Bonchev–Trinajstić information content (AvgIpc) is 2.76. The number of anilines is 1. The molecule has 0 spiro atoms. The zero-order chi connectivity index (χ0) is 11.5. The Morgan fingerprint density at radius 3 is 2.81 bits per heavy atom. The molecule has 84 valence electrons. The van der Waals surface area contributed by atoms with Crippen LogP contribution < -0.4 is 5.32 Å². The Kier molecular flexibility index (Phi) is 2.67. The smallest absolute Gasteiger partial charge is 0.247 e. The number of hydrogen-bond donors (Lipinski definition) is 1. The van der Waals surface area contributed by atoms with E-state index < -0.39 is 0 Å². The van der Waals surface area contributed by atoms with E-state index in [4.69, 9.17) is 0 Å². The van der Waals surface area contributed by atoms with Gasteiger partial charge in [0.05, 0.1) is 12.4 Å². The molecule has 0 aromatic carbocycles. The van der Waals surface area contributed by atoms with E-state index in [1.54, 1.807) is 24.1 Å². The van der Waals surface area contributed by atoms with Crippen molar-refractivity contribution in [1.82, 2.24) is 24.8 Å². The molecule has 2 aromatic rings. The lowest BCUT2D eigenvalue weighted by molar-refractivity contribution is -0.116. The highest BCUT2D eigenvalue weighted by Gasteiger charge is 2.06. The van der Waals surface area contributed by atoms with Crippen LogP contribution in [-0.2, 0) is 18.4 Å². The highest BCUT2D eigenvalue weighted by Crippen LogP contribution is 1.99. The molecule has 7 heteroatoms. The van der Waals surface area contributed by atoms with Crippen LogP contribution in [0, 0.1) is 6.92 Å². The molecule has 0 saturated carbocycles. The minimum atomic E-state index is -0.177. The fraction of sp³-hybridized carbons (Fsp3) is 0.333. The number of aromatic nitrogens is 5. The molecule has 0 unspecified atom stereocenters. The van der Waals surface area contributed by atoms with Crippen LogP contribution in [0.1, 0.15) is 5.56 Å². The van der Waals surface area contributed by atoms with Crippen LogP contribution in [0.25, 0.3) is 0 Å². The largest absolute Gasteiger partial charge is 0.306 e. The summed E-state index contributed by atoms with van der Waals surface area (Å²) in [6.07, 6.45) is 5.00. The van der Waals surface area contributed by atoms with E-state index in [0.717, 1.165) is 5.56 Å². The number of rotatable bonds is 3. The van der Waals surface area contributed by atoms with Crippen LogP contribution in [0.5, 0.6) is 0 Å². The topological polar surface area (TPSA) is 77.6 Å². The molecule has 0 radical (unpaired) electrons. The number of carbonyl (C=O) groups is 1. The molecule has 1 N–H and O–H groups in total. The molecule has 16 heavy (non-hydrogen) atoms. The second-order valence-electron chi connectivity index (χ2n) is 3.48. The first-order valence-electron chi connectivity index (χ1n) is 4.79. The Labute approximate surface area is 92.1 Å². The van der Waals surface area contributed by atoms with Crippen molar-refractivity contribution in [1.29, 1.82) is 0 Å². The van der Waals surface area contributed by atoms with Crippen LogP contribution in [0.2, 0.25) is 0 Å². The van der Waals surface area contributed by atoms with Gasteiger partial charge in [-0.3, -0.25) is 9.48 Å². The minimum absolute atomic E-state index is 0.171. The Morgan fingerprint density at radius 2 is 2.25 bits per heavy atom. The third kappa shape index (κ3) is 2.44. The lowest BCUT2D eigenvalue weighted by Gasteiger charge is -2.01. The predicted octanol–water partition coefficient (Wildman–Crippen LogP) is -0.0413. The van der Waals surface area contributed by atoms with Gasteiger partial charge in [-0.1, -0.05) is 0 Å². The Balaban J connectivity index is 1.94. The van der Waals surface area contributed by atoms with E-state index in [2.05, 4.69) is 20.6 Å². The lowest BCUT2D eigenvalue weighted by Crippen LogP contribution is -2.19. The number of nitrogens with zero attached hydrogens (tertiary/aromatic N) is 5. The first kappa shape index (κ1) is 10.3. The summed E-state index contributed by atoms with van der Waals surface area (Å²) in [6, 6.07) is 0. The van der Waals surface area contributed by atoms with Gasteiger partial charge in [0.15, 0.2) is 5.82 Å². The van der Waals surface area contributed by atoms with Gasteiger partial charge in [0, 0.05) is 13.2 Å². The molecule has 0 aliphatic carbocycles. The molecule has 1 amide bonds. The van der Waals surface area contributed by atoms with Crippen LogP contribution >= 0.6 is 0 Å². The van der Waals surface area contributed by atoms with E-state index in [1.807, 2.05) is 6.92 Å². The highest BCUT2D eigenvalue weighted by molar-refractivity contribution is 5.89. The van der Waals surface area contributed by atoms with Crippen molar-refractivity contribution in [2.75, 3.05) is 5.32 Å². The number of amides is 1. The Bertz CT molecular complexity index is 455. The molecule has 0 bridgehead atoms. The maximum atomic E-state index is 11.6. The van der Waals surface area contributed by atoms with Gasteiger partial charge in [-0.15, -0.1) is 5.10 Å². The number of aryl methyl sites for hydroxylation is 2. The second kappa shape index (κ2) is 4.13. The third-order valence-corrected chi connectivity index (χ3v) is 1.94. The molecule has 0 atom stereocenters. The van der Waals surface area contributed by atoms with Gasteiger partial charge in [-0.05, 0) is 12.5 Å². The van der Waals surface area contributed by atoms with Gasteiger partial charge >= 0.3 is 0 Å². The van der Waals surface area contributed by atoms with E-state index in [0.29, 0.717) is 5.82 Å². The summed E-state index contributed by atoms with van der Waals surface area (Å²) in [6.45, 7) is 2.09. The van der Waals surface area contributed by atoms with E-state index in [9.17, 15) is 4.79 Å². The average molecular weight is 220 g/mol. The van der Waals surface area contributed by atoms with Crippen molar-refractivity contribution in [3.05, 3.63) is 24.2 Å². The van der Waals surface area contributed by atoms with Crippen molar-refractivity contribution in [3.8, 4) is 0 Å². The van der Waals surface area contributed by atoms with Gasteiger partial charge in [0.2, 0.25) is 5.91 Å². The Morgan fingerprint density at radius 1 is 1.44 bits per heavy atom. The molecule has 2 aromatic heterocycles. The van der Waals surface area contributed by atoms with Crippen LogP contribution in [0.3, 0.4) is 0 Å². The minimum Gasteiger partial charge on any atom is -0.306 e. The van der Waals surface area contributed by atoms with Crippen molar-refractivity contribution < 1.29 is 4.79 Å². The van der Waals surface area contributed by atoms with Crippen LogP contribution in [-0.4, -0.2) is 30.7 Å². The zero-order valence-corrected chi connectivity index (χ0v) is 9.08. The van der Waals surface area contributed by atoms with E-state index in [-0.39, 0.29) is 12.5 Å². The van der Waals surface area contributed by atoms with E-state index in [1.165, 1.54) is 11.0 Å². The standard InChI is InChI=1S/C9H12N6O/c1-7-3-11-15(5-7)6-9(16)12-8-4-10-14(2)13-8/h3-5H,6H2,1-2H3,(H,12,13,16). The fourth-order valence-corrected chi connectivity index (χ4v) is 1.29. The van der Waals surface area contributed by atoms with Gasteiger partial charge < -0.3 is 5.32 Å². The maximum absolute atomic E-state index is 11.6. The molecule has 7 nitrogen and oxygen atoms in total. The van der Waals surface area contributed by atoms with Gasteiger partial charge in [0.25, 0.3) is 0 Å². The molecule has 0 aliphatic rings. The summed E-state index contributed by atoms with van der Waals surface area (Å²) in [5.41, 5.74) is 1.02. The number of hydrogen-bond acceptors (Lipinski definition) is 4. The first-order chi connectivity index (χ1) is 7.63. The van der Waals surface area contributed by atoms with Crippen LogP contribution in [0.15, 0.2) is 18.6 Å². The molecule has 2 rings (SSSR count). The summed E-state index contributed by atoms with van der Waals surface area (Å²) < 4.78 is 1.57. The molecule has 0 fully saturated rings. The fourth-order valence-electron chi connectivity index (χ4n) is 1.29. The summed E-state index contributed by atoms with van der Waals surface area (Å²) in [4.78, 5) is 12.9. The second-order valence-corrected chi connectivity index (χ2v) is 3.48. The highest BCUT2D eigenvalue weighted by atomic mass is 16.2. The number of carbonyl (C=O) groups excluding carboxylic acids is 1. The van der Waals surface area contributed by atoms with Crippen LogP contribution in [0.4, 0.5) is 5.82 Å². The van der Waals surface area contributed by atoms with Crippen molar-refractivity contribution in [3.63, 3.8) is 0 Å². The third-order valence-electron chi connectivity index (χ3n) is 1.94. The van der Waals surface area contributed by atoms with Gasteiger partial charge in [-0.2, -0.15) is 15.0 Å². The number of nitrogens with one attached hydrogen (secondary N) is 1. The summed E-state index contributed by atoms with van der Waals surface area (Å²) >= 11 is 0. The lowest BCUT2D eigenvalue weighted by atomic mass is 10.4. The quantitative estimate of drug-likeness (QED) is 0.787. The molecular formula is C9H12N6O. The predicted molar refractivity (Wildman–Crippen MR) is 56.6 cm³/mol. The van der Waals surface area contributed by atoms with Crippen molar-refractivity contribution in [2.45, 2.75) is 13.5 Å². The van der Waals surface area contributed by atoms with Crippen molar-refractivity contribution >= 4 is 11.7 Å². The molecule has 2 heterocycles. The summed E-state index contributed by atoms with van der Waals surface area (Å²) in [7, 11) is 1.69. The SMILES string of the molecule is Cc1cnn(CC(=O)Nc2cnn(C)n2)c1. The maximum Gasteiger partial charge on any atom is 0.247 e. The zero-order valence-electron chi connectivity index (χ0n) is 9.08. The van der Waals surface area contributed by atoms with Gasteiger partial charge in [0.1, 0.15) is 6.54 Å². The summed E-state index contributed by atoms with van der Waals surface area (Å²) in [5.74, 6) is 0.264. The first-order valence-corrected chi connectivity index (χ1v) is 4.79. The summed E-state index contributed by atoms with van der Waals surface area (Å²) in [5, 5.41) is 14.4. The normalized spacial score (nSPS) is 10.4. The van der Waals surface area contributed by atoms with E-state index >= 15 is 0 Å². The monoisotopic (exact) mass is 220 g/mol. The Hall–Kier alpha value is -2.18.